The van der Waals surface area contributed by atoms with Gasteiger partial charge < -0.3 is 9.32 Å². The lowest BCUT2D eigenvalue weighted by atomic mass is 10.1. The van der Waals surface area contributed by atoms with Crippen LogP contribution in [0.4, 0.5) is 0 Å². The lowest BCUT2D eigenvalue weighted by molar-refractivity contribution is 0.0290. The van der Waals surface area contributed by atoms with Crippen LogP contribution in [-0.4, -0.2) is 47.4 Å². The Kier molecular flexibility index (Phi) is 5.59. The van der Waals surface area contributed by atoms with Crippen molar-refractivity contribution in [3.63, 3.8) is 0 Å². The van der Waals surface area contributed by atoms with E-state index < -0.39 is 0 Å². The Morgan fingerprint density at radius 3 is 2.52 bits per heavy atom. The van der Waals surface area contributed by atoms with Gasteiger partial charge in [-0.2, -0.15) is 0 Å². The molecule has 1 amide bonds. The van der Waals surface area contributed by atoms with Crippen molar-refractivity contribution >= 4 is 5.91 Å². The summed E-state index contributed by atoms with van der Waals surface area (Å²) in [6, 6.07) is 14.8. The molecule has 1 aromatic carbocycles. The molecule has 1 aromatic heterocycles. The summed E-state index contributed by atoms with van der Waals surface area (Å²) in [7, 11) is 0. The van der Waals surface area contributed by atoms with E-state index in [1.165, 1.54) is 5.56 Å². The fraction of sp³-hybridized carbons (Fsp3) is 0.476. The van der Waals surface area contributed by atoms with Gasteiger partial charge in [-0.3, -0.25) is 9.69 Å². The molecule has 25 heavy (non-hydrogen) atoms. The first-order chi connectivity index (χ1) is 12.0. The van der Waals surface area contributed by atoms with Crippen LogP contribution in [0, 0.1) is 6.92 Å². The zero-order chi connectivity index (χ0) is 17.8. The number of rotatable bonds is 5. The third-order valence-corrected chi connectivity index (χ3v) is 5.08. The first-order valence-corrected chi connectivity index (χ1v) is 9.20. The van der Waals surface area contributed by atoms with E-state index in [2.05, 4.69) is 49.1 Å². The van der Waals surface area contributed by atoms with Gasteiger partial charge in [0.15, 0.2) is 5.76 Å². The summed E-state index contributed by atoms with van der Waals surface area (Å²) in [6.45, 7) is 8.95. The molecule has 1 saturated heterocycles. The maximum Gasteiger partial charge on any atom is 0.289 e. The summed E-state index contributed by atoms with van der Waals surface area (Å²) in [4.78, 5) is 17.1. The van der Waals surface area contributed by atoms with Crippen molar-refractivity contribution in [1.82, 2.24) is 9.80 Å². The lowest BCUT2D eigenvalue weighted by Gasteiger charge is -2.44. The summed E-state index contributed by atoms with van der Waals surface area (Å²) in [6.07, 6.45) is 2.25. The van der Waals surface area contributed by atoms with Crippen molar-refractivity contribution in [2.24, 2.45) is 0 Å². The molecule has 1 aliphatic rings. The van der Waals surface area contributed by atoms with Crippen molar-refractivity contribution in [3.8, 4) is 0 Å². The van der Waals surface area contributed by atoms with Gasteiger partial charge in [0.2, 0.25) is 0 Å². The van der Waals surface area contributed by atoms with Crippen LogP contribution in [0.25, 0.3) is 0 Å². The standard InChI is InChI=1S/C21H28N2O2/c1-16-15-23(21(24)20-12-11-18(3)25-20)17(2)14-22(16)13-7-10-19-8-5-4-6-9-19/h4-6,8-9,11-12,16-17H,7,10,13-15H2,1-3H3/t16-,17+/m0/s1. The minimum absolute atomic E-state index is 0.0105. The third kappa shape index (κ3) is 4.31. The number of furan rings is 1. The van der Waals surface area contributed by atoms with Crippen LogP contribution < -0.4 is 0 Å². The molecule has 3 rings (SSSR count). The van der Waals surface area contributed by atoms with Crippen molar-refractivity contribution < 1.29 is 9.21 Å². The molecule has 2 heterocycles. The molecule has 1 fully saturated rings. The number of hydrogen-bond donors (Lipinski definition) is 0. The van der Waals surface area contributed by atoms with Gasteiger partial charge in [0.05, 0.1) is 0 Å². The summed E-state index contributed by atoms with van der Waals surface area (Å²) in [5.74, 6) is 1.24. The highest BCUT2D eigenvalue weighted by atomic mass is 16.3. The van der Waals surface area contributed by atoms with E-state index in [9.17, 15) is 4.79 Å². The molecule has 2 atom stereocenters. The molecule has 0 radical (unpaired) electrons. The second kappa shape index (κ2) is 7.87. The van der Waals surface area contributed by atoms with E-state index in [1.54, 1.807) is 6.07 Å². The van der Waals surface area contributed by atoms with Gasteiger partial charge in [-0.1, -0.05) is 30.3 Å². The molecule has 134 valence electrons. The summed E-state index contributed by atoms with van der Waals surface area (Å²) in [5.41, 5.74) is 1.39. The zero-order valence-corrected chi connectivity index (χ0v) is 15.4. The number of benzene rings is 1. The van der Waals surface area contributed by atoms with Crippen LogP contribution in [0.3, 0.4) is 0 Å². The van der Waals surface area contributed by atoms with Crippen LogP contribution in [0.15, 0.2) is 46.9 Å². The highest BCUT2D eigenvalue weighted by molar-refractivity contribution is 5.91. The van der Waals surface area contributed by atoms with E-state index >= 15 is 0 Å². The minimum atomic E-state index is 0.0105. The molecule has 0 saturated carbocycles. The van der Waals surface area contributed by atoms with Gasteiger partial charge >= 0.3 is 0 Å². The summed E-state index contributed by atoms with van der Waals surface area (Å²) >= 11 is 0. The van der Waals surface area contributed by atoms with Crippen molar-refractivity contribution in [3.05, 3.63) is 59.5 Å². The summed E-state index contributed by atoms with van der Waals surface area (Å²) < 4.78 is 5.52. The Bertz CT molecular complexity index is 695. The van der Waals surface area contributed by atoms with Crippen LogP contribution >= 0.6 is 0 Å². The van der Waals surface area contributed by atoms with Crippen molar-refractivity contribution in [2.45, 2.75) is 45.7 Å². The molecular formula is C21H28N2O2. The topological polar surface area (TPSA) is 36.7 Å². The van der Waals surface area contributed by atoms with Gasteiger partial charge in [0, 0.05) is 25.2 Å². The molecule has 4 nitrogen and oxygen atoms in total. The molecule has 2 aromatic rings. The van der Waals surface area contributed by atoms with Crippen LogP contribution in [-0.2, 0) is 6.42 Å². The molecule has 0 spiro atoms. The Balaban J connectivity index is 1.54. The average molecular weight is 340 g/mol. The number of amides is 1. The fourth-order valence-electron chi connectivity index (χ4n) is 3.61. The molecular weight excluding hydrogens is 312 g/mol. The maximum atomic E-state index is 12.7. The van der Waals surface area contributed by atoms with E-state index in [4.69, 9.17) is 4.42 Å². The van der Waals surface area contributed by atoms with Crippen LogP contribution in [0.5, 0.6) is 0 Å². The quantitative estimate of drug-likeness (QED) is 0.832. The number of hydrogen-bond acceptors (Lipinski definition) is 3. The van der Waals surface area contributed by atoms with Gasteiger partial charge in [0.1, 0.15) is 5.76 Å². The number of piperazine rings is 1. The molecule has 0 aliphatic carbocycles. The van der Waals surface area contributed by atoms with E-state index in [1.807, 2.05) is 17.9 Å². The first-order valence-electron chi connectivity index (χ1n) is 9.20. The highest BCUT2D eigenvalue weighted by Gasteiger charge is 2.33. The Morgan fingerprint density at radius 2 is 1.84 bits per heavy atom. The van der Waals surface area contributed by atoms with Gasteiger partial charge in [-0.25, -0.2) is 0 Å². The van der Waals surface area contributed by atoms with Crippen LogP contribution in [0.2, 0.25) is 0 Å². The van der Waals surface area contributed by atoms with Crippen molar-refractivity contribution in [2.75, 3.05) is 19.6 Å². The molecule has 0 bridgehead atoms. The van der Waals surface area contributed by atoms with E-state index in [-0.39, 0.29) is 11.9 Å². The average Bonchev–Trinajstić information content (AvgIpc) is 3.04. The predicted molar refractivity (Wildman–Crippen MR) is 99.7 cm³/mol. The fourth-order valence-corrected chi connectivity index (χ4v) is 3.61. The molecule has 4 heteroatoms. The molecule has 0 N–H and O–H groups in total. The number of nitrogens with zero attached hydrogens (tertiary/aromatic N) is 2. The number of carbonyl (C=O) groups is 1. The lowest BCUT2D eigenvalue weighted by Crippen LogP contribution is -2.58. The predicted octanol–water partition coefficient (Wildman–Crippen LogP) is 3.76. The second-order valence-corrected chi connectivity index (χ2v) is 7.15. The normalized spacial score (nSPS) is 21.5. The minimum Gasteiger partial charge on any atom is -0.456 e. The van der Waals surface area contributed by atoms with Gasteiger partial charge in [0.25, 0.3) is 5.91 Å². The SMILES string of the molecule is Cc1ccc(C(=O)N2C[C@H](C)N(CCCc3ccccc3)C[C@H]2C)o1. The largest absolute Gasteiger partial charge is 0.456 e. The maximum absolute atomic E-state index is 12.7. The smallest absolute Gasteiger partial charge is 0.289 e. The van der Waals surface area contributed by atoms with E-state index in [0.29, 0.717) is 11.8 Å². The number of aryl methyl sites for hydroxylation is 2. The van der Waals surface area contributed by atoms with Crippen LogP contribution in [0.1, 0.15) is 42.1 Å². The van der Waals surface area contributed by atoms with Gasteiger partial charge in [-0.05, 0) is 57.9 Å². The van der Waals surface area contributed by atoms with Gasteiger partial charge in [-0.15, -0.1) is 0 Å². The Morgan fingerprint density at radius 1 is 1.08 bits per heavy atom. The molecule has 1 aliphatic heterocycles. The Labute approximate surface area is 150 Å². The summed E-state index contributed by atoms with van der Waals surface area (Å²) in [5, 5.41) is 0. The molecule has 0 unspecified atom stereocenters. The monoisotopic (exact) mass is 340 g/mol. The Hall–Kier alpha value is -2.07. The first kappa shape index (κ1) is 17.7. The second-order valence-electron chi connectivity index (χ2n) is 7.15. The van der Waals surface area contributed by atoms with E-state index in [0.717, 1.165) is 38.2 Å². The number of carbonyl (C=O) groups excluding carboxylic acids is 1. The zero-order valence-electron chi connectivity index (χ0n) is 15.4. The third-order valence-electron chi connectivity index (χ3n) is 5.08. The highest BCUT2D eigenvalue weighted by Crippen LogP contribution is 2.20. The van der Waals surface area contributed by atoms with Crippen molar-refractivity contribution in [1.29, 1.82) is 0 Å².